The molecule has 0 aliphatic carbocycles. The number of H-pyrrole nitrogens is 1. The summed E-state index contributed by atoms with van der Waals surface area (Å²) in [5.74, 6) is 0.459. The standard InChI is InChI=1S/C10H8BrClN2/c11-8-3-1-2-7(4-8)10-5-9(6-12)13-14-10/h1-5H,6H2,(H,13,14). The highest BCUT2D eigenvalue weighted by Crippen LogP contribution is 2.21. The number of benzene rings is 1. The molecular formula is C10H8BrClN2. The molecule has 0 saturated heterocycles. The normalized spacial score (nSPS) is 10.4. The third kappa shape index (κ3) is 1.99. The van der Waals surface area contributed by atoms with E-state index in [9.17, 15) is 0 Å². The van der Waals surface area contributed by atoms with E-state index in [-0.39, 0.29) is 0 Å². The van der Waals surface area contributed by atoms with Crippen LogP contribution >= 0.6 is 27.5 Å². The molecule has 0 fully saturated rings. The summed E-state index contributed by atoms with van der Waals surface area (Å²) in [6, 6.07) is 9.95. The van der Waals surface area contributed by atoms with E-state index in [4.69, 9.17) is 11.6 Å². The summed E-state index contributed by atoms with van der Waals surface area (Å²) in [6.45, 7) is 0. The van der Waals surface area contributed by atoms with Crippen molar-refractivity contribution in [2.24, 2.45) is 0 Å². The van der Waals surface area contributed by atoms with Gasteiger partial charge in [-0.1, -0.05) is 28.1 Å². The van der Waals surface area contributed by atoms with Gasteiger partial charge in [0.2, 0.25) is 0 Å². The Morgan fingerprint density at radius 1 is 1.36 bits per heavy atom. The fraction of sp³-hybridized carbons (Fsp3) is 0.100. The number of hydrogen-bond acceptors (Lipinski definition) is 1. The van der Waals surface area contributed by atoms with Gasteiger partial charge in [0.15, 0.2) is 0 Å². The van der Waals surface area contributed by atoms with Gasteiger partial charge in [0.1, 0.15) is 0 Å². The van der Waals surface area contributed by atoms with Gasteiger partial charge in [0.25, 0.3) is 0 Å². The number of nitrogens with zero attached hydrogens (tertiary/aromatic N) is 1. The minimum absolute atomic E-state index is 0.459. The Balaban J connectivity index is 2.39. The number of halogens is 2. The Hall–Kier alpha value is -0.800. The van der Waals surface area contributed by atoms with E-state index in [1.54, 1.807) is 0 Å². The molecule has 0 aliphatic heterocycles. The Morgan fingerprint density at radius 3 is 2.86 bits per heavy atom. The molecule has 1 N–H and O–H groups in total. The van der Waals surface area contributed by atoms with Crippen LogP contribution in [0.15, 0.2) is 34.8 Å². The summed E-state index contributed by atoms with van der Waals surface area (Å²) in [4.78, 5) is 0. The molecule has 14 heavy (non-hydrogen) atoms. The third-order valence-corrected chi connectivity index (χ3v) is 2.68. The molecule has 0 atom stereocenters. The van der Waals surface area contributed by atoms with Gasteiger partial charge < -0.3 is 0 Å². The highest BCUT2D eigenvalue weighted by molar-refractivity contribution is 9.10. The molecule has 0 saturated carbocycles. The number of aromatic amines is 1. The van der Waals surface area contributed by atoms with Crippen molar-refractivity contribution in [2.45, 2.75) is 5.88 Å². The van der Waals surface area contributed by atoms with Crippen LogP contribution in [-0.4, -0.2) is 10.2 Å². The second-order valence-electron chi connectivity index (χ2n) is 2.92. The van der Waals surface area contributed by atoms with Gasteiger partial charge in [-0.3, -0.25) is 5.10 Å². The Labute approximate surface area is 95.4 Å². The zero-order chi connectivity index (χ0) is 9.97. The number of alkyl halides is 1. The van der Waals surface area contributed by atoms with Crippen LogP contribution in [-0.2, 0) is 5.88 Å². The highest BCUT2D eigenvalue weighted by Gasteiger charge is 2.02. The van der Waals surface area contributed by atoms with Crippen LogP contribution in [0.4, 0.5) is 0 Å². The molecule has 0 bridgehead atoms. The summed E-state index contributed by atoms with van der Waals surface area (Å²) in [6.07, 6.45) is 0. The molecule has 2 rings (SSSR count). The number of aromatic nitrogens is 2. The monoisotopic (exact) mass is 270 g/mol. The third-order valence-electron chi connectivity index (χ3n) is 1.90. The summed E-state index contributed by atoms with van der Waals surface area (Å²) < 4.78 is 1.05. The molecule has 1 aromatic carbocycles. The molecule has 4 heteroatoms. The predicted octanol–water partition coefficient (Wildman–Crippen LogP) is 3.58. The van der Waals surface area contributed by atoms with Crippen molar-refractivity contribution >= 4 is 27.5 Å². The number of hydrogen-bond donors (Lipinski definition) is 1. The number of rotatable bonds is 2. The van der Waals surface area contributed by atoms with Crippen LogP contribution in [0.1, 0.15) is 5.69 Å². The molecule has 0 radical (unpaired) electrons. The first-order chi connectivity index (χ1) is 6.79. The van der Waals surface area contributed by atoms with Crippen molar-refractivity contribution in [1.29, 1.82) is 0 Å². The lowest BCUT2D eigenvalue weighted by atomic mass is 10.1. The maximum atomic E-state index is 5.68. The zero-order valence-corrected chi connectivity index (χ0v) is 9.64. The van der Waals surface area contributed by atoms with E-state index < -0.39 is 0 Å². The maximum Gasteiger partial charge on any atom is 0.0924 e. The first-order valence-corrected chi connectivity index (χ1v) is 5.48. The van der Waals surface area contributed by atoms with E-state index in [0.29, 0.717) is 5.88 Å². The van der Waals surface area contributed by atoms with Gasteiger partial charge in [-0.15, -0.1) is 11.6 Å². The first-order valence-electron chi connectivity index (χ1n) is 4.16. The quantitative estimate of drug-likeness (QED) is 0.831. The lowest BCUT2D eigenvalue weighted by molar-refractivity contribution is 1.04. The molecular weight excluding hydrogens is 263 g/mol. The zero-order valence-electron chi connectivity index (χ0n) is 7.30. The average Bonchev–Trinajstić information content (AvgIpc) is 2.66. The van der Waals surface area contributed by atoms with Crippen molar-refractivity contribution in [2.75, 3.05) is 0 Å². The molecule has 2 nitrogen and oxygen atoms in total. The van der Waals surface area contributed by atoms with Crippen LogP contribution in [0.2, 0.25) is 0 Å². The lowest BCUT2D eigenvalue weighted by Crippen LogP contribution is -1.77. The van der Waals surface area contributed by atoms with E-state index in [2.05, 4.69) is 26.1 Å². The SMILES string of the molecule is ClCc1cc(-c2cccc(Br)c2)n[nH]1. The largest absolute Gasteiger partial charge is 0.281 e. The van der Waals surface area contributed by atoms with Crippen LogP contribution in [0, 0.1) is 0 Å². The van der Waals surface area contributed by atoms with Gasteiger partial charge in [0.05, 0.1) is 17.3 Å². The molecule has 0 unspecified atom stereocenters. The molecule has 1 aromatic heterocycles. The molecule has 0 aliphatic rings. The average molecular weight is 272 g/mol. The summed E-state index contributed by atoms with van der Waals surface area (Å²) >= 11 is 9.10. The maximum absolute atomic E-state index is 5.68. The molecule has 0 spiro atoms. The van der Waals surface area contributed by atoms with Gasteiger partial charge in [-0.25, -0.2) is 0 Å². The molecule has 0 amide bonds. The molecule has 2 aromatic rings. The van der Waals surface area contributed by atoms with Crippen LogP contribution in [0.3, 0.4) is 0 Å². The van der Waals surface area contributed by atoms with Crippen LogP contribution in [0.5, 0.6) is 0 Å². The summed E-state index contributed by atoms with van der Waals surface area (Å²) in [5, 5.41) is 7.04. The van der Waals surface area contributed by atoms with E-state index in [1.807, 2.05) is 30.3 Å². The summed E-state index contributed by atoms with van der Waals surface area (Å²) in [7, 11) is 0. The second-order valence-corrected chi connectivity index (χ2v) is 4.11. The van der Waals surface area contributed by atoms with Gasteiger partial charge in [-0.2, -0.15) is 5.10 Å². The smallest absolute Gasteiger partial charge is 0.0924 e. The molecule has 1 heterocycles. The minimum Gasteiger partial charge on any atom is -0.281 e. The van der Waals surface area contributed by atoms with E-state index in [1.165, 1.54) is 0 Å². The van der Waals surface area contributed by atoms with Crippen molar-refractivity contribution in [1.82, 2.24) is 10.2 Å². The van der Waals surface area contributed by atoms with E-state index >= 15 is 0 Å². The van der Waals surface area contributed by atoms with Crippen molar-refractivity contribution in [3.8, 4) is 11.3 Å². The Bertz CT molecular complexity index is 439. The summed E-state index contributed by atoms with van der Waals surface area (Å²) in [5.41, 5.74) is 2.93. The Kier molecular flexibility index (Phi) is 2.89. The lowest BCUT2D eigenvalue weighted by Gasteiger charge is -1.95. The van der Waals surface area contributed by atoms with Gasteiger partial charge >= 0.3 is 0 Å². The van der Waals surface area contributed by atoms with E-state index in [0.717, 1.165) is 21.4 Å². The van der Waals surface area contributed by atoms with Crippen LogP contribution in [0.25, 0.3) is 11.3 Å². The van der Waals surface area contributed by atoms with Crippen molar-refractivity contribution < 1.29 is 0 Å². The number of nitrogens with one attached hydrogen (secondary N) is 1. The first kappa shape index (κ1) is 9.74. The molecule has 72 valence electrons. The highest BCUT2D eigenvalue weighted by atomic mass is 79.9. The topological polar surface area (TPSA) is 28.7 Å². The van der Waals surface area contributed by atoms with Crippen molar-refractivity contribution in [3.05, 3.63) is 40.5 Å². The minimum atomic E-state index is 0.459. The second kappa shape index (κ2) is 4.15. The van der Waals surface area contributed by atoms with Gasteiger partial charge in [0, 0.05) is 10.0 Å². The van der Waals surface area contributed by atoms with Gasteiger partial charge in [-0.05, 0) is 18.2 Å². The fourth-order valence-electron chi connectivity index (χ4n) is 1.23. The van der Waals surface area contributed by atoms with Crippen molar-refractivity contribution in [3.63, 3.8) is 0 Å². The fourth-order valence-corrected chi connectivity index (χ4v) is 1.76. The predicted molar refractivity (Wildman–Crippen MR) is 61.3 cm³/mol. The van der Waals surface area contributed by atoms with Crippen LogP contribution < -0.4 is 0 Å². The Morgan fingerprint density at radius 2 is 2.21 bits per heavy atom.